The van der Waals surface area contributed by atoms with Crippen LogP contribution in [-0.2, 0) is 5.54 Å². The lowest BCUT2D eigenvalue weighted by molar-refractivity contribution is 0.293. The van der Waals surface area contributed by atoms with Crippen LogP contribution in [0.25, 0.3) is 11.1 Å². The van der Waals surface area contributed by atoms with Crippen LogP contribution in [0.5, 0.6) is 0 Å². The van der Waals surface area contributed by atoms with Gasteiger partial charge in [-0.2, -0.15) is 0 Å². The van der Waals surface area contributed by atoms with Gasteiger partial charge in [0.05, 0.1) is 0 Å². The lowest BCUT2D eigenvalue weighted by Crippen LogP contribution is -2.39. The number of rotatable bonds is 2. The fourth-order valence-electron chi connectivity index (χ4n) is 3.18. The van der Waals surface area contributed by atoms with Gasteiger partial charge in [-0.1, -0.05) is 37.5 Å². The summed E-state index contributed by atoms with van der Waals surface area (Å²) >= 11 is 0. The number of nitrogens with two attached hydrogens (primary N) is 1. The lowest BCUT2D eigenvalue weighted by atomic mass is 9.76. The molecule has 2 N–H and O–H groups in total. The molecule has 1 fully saturated rings. The molecular formula is C18H19F2N. The van der Waals surface area contributed by atoms with Crippen LogP contribution in [0.15, 0.2) is 42.5 Å². The Morgan fingerprint density at radius 3 is 2.10 bits per heavy atom. The van der Waals surface area contributed by atoms with Crippen molar-refractivity contribution >= 4 is 0 Å². The smallest absolute Gasteiger partial charge is 0.128 e. The van der Waals surface area contributed by atoms with Crippen molar-refractivity contribution in [3.8, 4) is 11.1 Å². The topological polar surface area (TPSA) is 26.0 Å². The molecule has 21 heavy (non-hydrogen) atoms. The van der Waals surface area contributed by atoms with Gasteiger partial charge in [-0.15, -0.1) is 0 Å². The van der Waals surface area contributed by atoms with Gasteiger partial charge in [0.25, 0.3) is 0 Å². The van der Waals surface area contributed by atoms with Crippen LogP contribution in [0.1, 0.15) is 37.7 Å². The van der Waals surface area contributed by atoms with Gasteiger partial charge in [0.1, 0.15) is 11.6 Å². The molecule has 1 saturated carbocycles. The molecule has 0 unspecified atom stereocenters. The Morgan fingerprint density at radius 1 is 0.810 bits per heavy atom. The van der Waals surface area contributed by atoms with Crippen molar-refractivity contribution < 1.29 is 8.78 Å². The van der Waals surface area contributed by atoms with Crippen molar-refractivity contribution in [2.24, 2.45) is 5.73 Å². The van der Waals surface area contributed by atoms with Crippen LogP contribution in [0, 0.1) is 11.6 Å². The average Bonchev–Trinajstić information content (AvgIpc) is 2.49. The maximum Gasteiger partial charge on any atom is 0.128 e. The first-order valence-corrected chi connectivity index (χ1v) is 7.43. The summed E-state index contributed by atoms with van der Waals surface area (Å²) in [6, 6.07) is 11.3. The molecule has 0 atom stereocenters. The largest absolute Gasteiger partial charge is 0.321 e. The Balaban J connectivity index is 2.01. The Labute approximate surface area is 123 Å². The molecule has 0 aromatic heterocycles. The SMILES string of the molecule is NC1(c2cc(-c3ccc(F)cc3)ccc2F)CCCCC1. The Morgan fingerprint density at radius 2 is 1.43 bits per heavy atom. The minimum atomic E-state index is -0.571. The minimum Gasteiger partial charge on any atom is -0.321 e. The molecular weight excluding hydrogens is 268 g/mol. The molecule has 0 bridgehead atoms. The molecule has 0 spiro atoms. The third-order valence-corrected chi connectivity index (χ3v) is 4.43. The molecule has 3 heteroatoms. The highest BCUT2D eigenvalue weighted by atomic mass is 19.1. The second kappa shape index (κ2) is 5.57. The Hall–Kier alpha value is -1.74. The zero-order valence-electron chi connectivity index (χ0n) is 11.9. The molecule has 1 nitrogen and oxygen atoms in total. The van der Waals surface area contributed by atoms with Crippen LogP contribution in [0.4, 0.5) is 8.78 Å². The van der Waals surface area contributed by atoms with Crippen LogP contribution < -0.4 is 5.73 Å². The van der Waals surface area contributed by atoms with E-state index in [1.165, 1.54) is 18.2 Å². The maximum absolute atomic E-state index is 14.2. The van der Waals surface area contributed by atoms with E-state index >= 15 is 0 Å². The predicted molar refractivity (Wildman–Crippen MR) is 80.7 cm³/mol. The number of halogens is 2. The molecule has 0 amide bonds. The highest BCUT2D eigenvalue weighted by molar-refractivity contribution is 5.64. The van der Waals surface area contributed by atoms with Crippen molar-refractivity contribution in [2.45, 2.75) is 37.6 Å². The van der Waals surface area contributed by atoms with Gasteiger partial charge in [-0.3, -0.25) is 0 Å². The highest BCUT2D eigenvalue weighted by Gasteiger charge is 2.32. The maximum atomic E-state index is 14.2. The van der Waals surface area contributed by atoms with Crippen molar-refractivity contribution in [1.29, 1.82) is 0 Å². The predicted octanol–water partition coefficient (Wildman–Crippen LogP) is 4.75. The number of hydrogen-bond donors (Lipinski definition) is 1. The van der Waals surface area contributed by atoms with Gasteiger partial charge in [0.15, 0.2) is 0 Å². The lowest BCUT2D eigenvalue weighted by Gasteiger charge is -2.34. The van der Waals surface area contributed by atoms with E-state index in [1.54, 1.807) is 18.2 Å². The molecule has 0 radical (unpaired) electrons. The second-order valence-corrected chi connectivity index (χ2v) is 5.92. The molecule has 0 aliphatic heterocycles. The van der Waals surface area contributed by atoms with Crippen LogP contribution >= 0.6 is 0 Å². The summed E-state index contributed by atoms with van der Waals surface area (Å²) in [5, 5.41) is 0. The third kappa shape index (κ3) is 2.84. The molecule has 1 aliphatic rings. The van der Waals surface area contributed by atoms with Crippen molar-refractivity contribution in [3.05, 3.63) is 59.7 Å². The first-order valence-electron chi connectivity index (χ1n) is 7.43. The summed E-state index contributed by atoms with van der Waals surface area (Å²) in [5.41, 5.74) is 8.22. The summed E-state index contributed by atoms with van der Waals surface area (Å²) in [7, 11) is 0. The highest BCUT2D eigenvalue weighted by Crippen LogP contribution is 2.37. The Kier molecular flexibility index (Phi) is 3.77. The first-order chi connectivity index (χ1) is 10.1. The summed E-state index contributed by atoms with van der Waals surface area (Å²) in [5.74, 6) is -0.520. The van der Waals surface area contributed by atoms with Gasteiger partial charge in [-0.25, -0.2) is 8.78 Å². The van der Waals surface area contributed by atoms with E-state index in [0.29, 0.717) is 5.56 Å². The summed E-state index contributed by atoms with van der Waals surface area (Å²) in [4.78, 5) is 0. The molecule has 0 saturated heterocycles. The van der Waals surface area contributed by atoms with Gasteiger partial charge < -0.3 is 5.73 Å². The van der Waals surface area contributed by atoms with Gasteiger partial charge >= 0.3 is 0 Å². The van der Waals surface area contributed by atoms with Crippen LogP contribution in [-0.4, -0.2) is 0 Å². The molecule has 3 rings (SSSR count). The van der Waals surface area contributed by atoms with E-state index in [-0.39, 0.29) is 11.6 Å². The average molecular weight is 287 g/mol. The molecule has 2 aromatic rings. The number of benzene rings is 2. The van der Waals surface area contributed by atoms with E-state index in [9.17, 15) is 8.78 Å². The molecule has 0 heterocycles. The standard InChI is InChI=1S/C18H19F2N/c19-15-7-4-13(5-8-15)14-6-9-17(20)16(12-14)18(21)10-2-1-3-11-18/h4-9,12H,1-3,10-11,21H2. The fraction of sp³-hybridized carbons (Fsp3) is 0.333. The quantitative estimate of drug-likeness (QED) is 0.847. The van der Waals surface area contributed by atoms with E-state index in [0.717, 1.165) is 43.2 Å². The van der Waals surface area contributed by atoms with Crippen molar-refractivity contribution in [1.82, 2.24) is 0 Å². The summed E-state index contributed by atoms with van der Waals surface area (Å²) < 4.78 is 27.3. The van der Waals surface area contributed by atoms with E-state index in [2.05, 4.69) is 0 Å². The van der Waals surface area contributed by atoms with Crippen molar-refractivity contribution in [2.75, 3.05) is 0 Å². The van der Waals surface area contributed by atoms with Gasteiger partial charge in [0, 0.05) is 11.1 Å². The van der Waals surface area contributed by atoms with Crippen molar-refractivity contribution in [3.63, 3.8) is 0 Å². The molecule has 1 aliphatic carbocycles. The number of hydrogen-bond acceptors (Lipinski definition) is 1. The fourth-order valence-corrected chi connectivity index (χ4v) is 3.18. The summed E-state index contributed by atoms with van der Waals surface area (Å²) in [6.45, 7) is 0. The van der Waals surface area contributed by atoms with Crippen LogP contribution in [0.2, 0.25) is 0 Å². The normalized spacial score (nSPS) is 17.7. The third-order valence-electron chi connectivity index (χ3n) is 4.43. The Bertz CT molecular complexity index is 628. The van der Waals surface area contributed by atoms with Gasteiger partial charge in [-0.05, 0) is 48.2 Å². The van der Waals surface area contributed by atoms with Gasteiger partial charge in [0.2, 0.25) is 0 Å². The first kappa shape index (κ1) is 14.2. The zero-order chi connectivity index (χ0) is 14.9. The molecule has 110 valence electrons. The second-order valence-electron chi connectivity index (χ2n) is 5.92. The summed E-state index contributed by atoms with van der Waals surface area (Å²) in [6.07, 6.45) is 4.87. The minimum absolute atomic E-state index is 0.245. The van der Waals surface area contributed by atoms with E-state index in [4.69, 9.17) is 5.73 Å². The van der Waals surface area contributed by atoms with E-state index < -0.39 is 5.54 Å². The van der Waals surface area contributed by atoms with Crippen LogP contribution in [0.3, 0.4) is 0 Å². The molecule has 2 aromatic carbocycles. The monoisotopic (exact) mass is 287 g/mol. The van der Waals surface area contributed by atoms with E-state index in [1.807, 2.05) is 6.07 Å². The zero-order valence-corrected chi connectivity index (χ0v) is 11.9.